The second-order valence-corrected chi connectivity index (χ2v) is 7.47. The fraction of sp³-hybridized carbons (Fsp3) is 0.200. The zero-order valence-electron chi connectivity index (χ0n) is 15.3. The fourth-order valence-corrected chi connectivity index (χ4v) is 4.03. The zero-order chi connectivity index (χ0) is 19.5. The maximum absolute atomic E-state index is 12.6. The van der Waals surface area contributed by atoms with E-state index in [0.29, 0.717) is 5.75 Å². The predicted molar refractivity (Wildman–Crippen MR) is 107 cm³/mol. The van der Waals surface area contributed by atoms with Gasteiger partial charge in [-0.2, -0.15) is 5.10 Å². The molecule has 0 spiro atoms. The van der Waals surface area contributed by atoms with Crippen LogP contribution in [0, 0.1) is 0 Å². The van der Waals surface area contributed by atoms with E-state index in [2.05, 4.69) is 15.4 Å². The summed E-state index contributed by atoms with van der Waals surface area (Å²) in [6.45, 7) is 1.93. The highest BCUT2D eigenvalue weighted by Gasteiger charge is 2.26. The Morgan fingerprint density at radius 3 is 2.75 bits per heavy atom. The molecule has 0 bridgehead atoms. The molecular weight excluding hydrogens is 374 g/mol. The van der Waals surface area contributed by atoms with Crippen molar-refractivity contribution < 1.29 is 9.59 Å². The number of nitrogens with one attached hydrogen (secondary N) is 1. The minimum Gasteiger partial charge on any atom is -0.348 e. The second kappa shape index (κ2) is 7.85. The predicted octanol–water partition coefficient (Wildman–Crippen LogP) is 2.58. The summed E-state index contributed by atoms with van der Waals surface area (Å²) in [6.07, 6.45) is 3.11. The Morgan fingerprint density at radius 1 is 1.21 bits per heavy atom. The SMILES string of the molecule is C[C@H](NC(=O)CN1C(=O)CSc2ccccc21)c1ccc(-n2cncn2)cc1. The molecule has 7 nitrogen and oxygen atoms in total. The molecule has 3 aromatic rings. The van der Waals surface area contributed by atoms with Gasteiger partial charge < -0.3 is 10.2 Å². The average molecular weight is 393 g/mol. The number of hydrogen-bond acceptors (Lipinski definition) is 5. The highest BCUT2D eigenvalue weighted by molar-refractivity contribution is 8.00. The molecular formula is C20H19N5O2S. The summed E-state index contributed by atoms with van der Waals surface area (Å²) >= 11 is 1.50. The van der Waals surface area contributed by atoms with E-state index < -0.39 is 0 Å². The van der Waals surface area contributed by atoms with Gasteiger partial charge in [0.15, 0.2) is 0 Å². The molecule has 4 rings (SSSR count). The Labute approximate surface area is 166 Å². The Hall–Kier alpha value is -3.13. The van der Waals surface area contributed by atoms with Gasteiger partial charge in [-0.25, -0.2) is 9.67 Å². The molecule has 8 heteroatoms. The molecule has 142 valence electrons. The van der Waals surface area contributed by atoms with Crippen molar-refractivity contribution in [2.45, 2.75) is 17.9 Å². The minimum atomic E-state index is -0.192. The van der Waals surface area contributed by atoms with E-state index in [1.54, 1.807) is 15.9 Å². The van der Waals surface area contributed by atoms with Crippen molar-refractivity contribution in [1.82, 2.24) is 20.1 Å². The number of para-hydroxylation sites is 1. The third-order valence-corrected chi connectivity index (χ3v) is 5.61. The Morgan fingerprint density at radius 2 is 2.00 bits per heavy atom. The lowest BCUT2D eigenvalue weighted by atomic mass is 10.1. The lowest BCUT2D eigenvalue weighted by molar-refractivity contribution is -0.123. The molecule has 1 aliphatic rings. The molecule has 2 amide bonds. The second-order valence-electron chi connectivity index (χ2n) is 6.46. The Kier molecular flexibility index (Phi) is 5.12. The van der Waals surface area contributed by atoms with Crippen molar-refractivity contribution in [3.05, 3.63) is 66.7 Å². The fourth-order valence-electron chi connectivity index (χ4n) is 3.10. The summed E-state index contributed by atoms with van der Waals surface area (Å²) in [5.41, 5.74) is 2.66. The van der Waals surface area contributed by atoms with Crippen LogP contribution in [0.2, 0.25) is 0 Å². The lowest BCUT2D eigenvalue weighted by Crippen LogP contribution is -2.43. The first-order valence-electron chi connectivity index (χ1n) is 8.88. The topological polar surface area (TPSA) is 80.1 Å². The highest BCUT2D eigenvalue weighted by Crippen LogP contribution is 2.34. The number of aromatic nitrogens is 3. The van der Waals surface area contributed by atoms with Gasteiger partial charge in [-0.1, -0.05) is 24.3 Å². The molecule has 0 saturated heterocycles. The van der Waals surface area contributed by atoms with E-state index in [1.807, 2.05) is 55.5 Å². The van der Waals surface area contributed by atoms with Crippen LogP contribution in [0.5, 0.6) is 0 Å². The number of amides is 2. The Balaban J connectivity index is 1.42. The first-order valence-corrected chi connectivity index (χ1v) is 9.87. The van der Waals surface area contributed by atoms with Crippen LogP contribution in [-0.2, 0) is 9.59 Å². The summed E-state index contributed by atoms with van der Waals surface area (Å²) < 4.78 is 1.67. The van der Waals surface area contributed by atoms with Gasteiger partial charge in [-0.3, -0.25) is 9.59 Å². The summed E-state index contributed by atoms with van der Waals surface area (Å²) in [5, 5.41) is 7.07. The highest BCUT2D eigenvalue weighted by atomic mass is 32.2. The number of benzene rings is 2. The van der Waals surface area contributed by atoms with Crippen LogP contribution in [0.25, 0.3) is 5.69 Å². The third-order valence-electron chi connectivity index (χ3n) is 4.56. The average Bonchev–Trinajstić information content (AvgIpc) is 3.25. The summed E-state index contributed by atoms with van der Waals surface area (Å²) in [7, 11) is 0. The molecule has 1 atom stereocenters. The molecule has 1 N–H and O–H groups in total. The molecule has 0 radical (unpaired) electrons. The van der Waals surface area contributed by atoms with E-state index in [1.165, 1.54) is 18.1 Å². The van der Waals surface area contributed by atoms with Gasteiger partial charge in [-0.05, 0) is 36.8 Å². The van der Waals surface area contributed by atoms with E-state index in [4.69, 9.17) is 0 Å². The normalized spacial score (nSPS) is 14.5. The summed E-state index contributed by atoms with van der Waals surface area (Å²) in [4.78, 5) is 31.4. The molecule has 0 unspecified atom stereocenters. The van der Waals surface area contributed by atoms with Crippen LogP contribution in [0.15, 0.2) is 66.1 Å². The molecule has 28 heavy (non-hydrogen) atoms. The molecule has 2 aromatic carbocycles. The van der Waals surface area contributed by atoms with Crippen molar-refractivity contribution in [3.8, 4) is 5.69 Å². The van der Waals surface area contributed by atoms with E-state index >= 15 is 0 Å². The van der Waals surface area contributed by atoms with Gasteiger partial charge in [0, 0.05) is 4.90 Å². The van der Waals surface area contributed by atoms with E-state index in [9.17, 15) is 9.59 Å². The first kappa shape index (κ1) is 18.2. The van der Waals surface area contributed by atoms with Gasteiger partial charge in [0.2, 0.25) is 11.8 Å². The van der Waals surface area contributed by atoms with Crippen LogP contribution in [0.4, 0.5) is 5.69 Å². The molecule has 0 aliphatic carbocycles. The molecule has 0 fully saturated rings. The first-order chi connectivity index (χ1) is 13.6. The van der Waals surface area contributed by atoms with Crippen LogP contribution < -0.4 is 10.2 Å². The number of carbonyl (C=O) groups excluding carboxylic acids is 2. The smallest absolute Gasteiger partial charge is 0.240 e. The van der Waals surface area contributed by atoms with E-state index in [-0.39, 0.29) is 24.4 Å². The summed E-state index contributed by atoms with van der Waals surface area (Å²) in [6, 6.07) is 15.2. The number of anilines is 1. The van der Waals surface area contributed by atoms with E-state index in [0.717, 1.165) is 21.8 Å². The van der Waals surface area contributed by atoms with Gasteiger partial charge in [-0.15, -0.1) is 11.8 Å². The molecule has 1 aromatic heterocycles. The quantitative estimate of drug-likeness (QED) is 0.721. The van der Waals surface area contributed by atoms with Crippen molar-refractivity contribution in [3.63, 3.8) is 0 Å². The molecule has 2 heterocycles. The maximum atomic E-state index is 12.6. The molecule has 1 aliphatic heterocycles. The van der Waals surface area contributed by atoms with Gasteiger partial charge in [0.05, 0.1) is 23.2 Å². The van der Waals surface area contributed by atoms with Gasteiger partial charge >= 0.3 is 0 Å². The van der Waals surface area contributed by atoms with Crippen molar-refractivity contribution >= 4 is 29.3 Å². The monoisotopic (exact) mass is 393 g/mol. The van der Waals surface area contributed by atoms with Crippen molar-refractivity contribution in [2.75, 3.05) is 17.2 Å². The standard InChI is InChI=1S/C20H19N5O2S/c1-14(15-6-8-16(9-7-15)25-13-21-12-22-25)23-19(26)10-24-17-4-2-3-5-18(17)28-11-20(24)27/h2-9,12-14H,10-11H2,1H3,(H,23,26)/t14-/m0/s1. The zero-order valence-corrected chi connectivity index (χ0v) is 16.1. The van der Waals surface area contributed by atoms with Crippen LogP contribution in [0.3, 0.4) is 0 Å². The largest absolute Gasteiger partial charge is 0.348 e. The number of rotatable bonds is 5. The van der Waals surface area contributed by atoms with Crippen molar-refractivity contribution in [2.24, 2.45) is 0 Å². The molecule has 0 saturated carbocycles. The summed E-state index contributed by atoms with van der Waals surface area (Å²) in [5.74, 6) is 0.107. The number of hydrogen-bond donors (Lipinski definition) is 1. The lowest BCUT2D eigenvalue weighted by Gasteiger charge is -2.28. The number of nitrogens with zero attached hydrogens (tertiary/aromatic N) is 4. The Bertz CT molecular complexity index is 988. The number of carbonyl (C=O) groups is 2. The number of thioether (sulfide) groups is 1. The van der Waals surface area contributed by atoms with Crippen LogP contribution >= 0.6 is 11.8 Å². The third kappa shape index (κ3) is 3.77. The number of fused-ring (bicyclic) bond motifs is 1. The van der Waals surface area contributed by atoms with Crippen molar-refractivity contribution in [1.29, 1.82) is 0 Å². The van der Waals surface area contributed by atoms with Crippen LogP contribution in [0.1, 0.15) is 18.5 Å². The van der Waals surface area contributed by atoms with Crippen LogP contribution in [-0.4, -0.2) is 38.9 Å². The minimum absolute atomic E-state index is 0.0117. The maximum Gasteiger partial charge on any atom is 0.240 e. The van der Waals surface area contributed by atoms with Gasteiger partial charge in [0.1, 0.15) is 19.2 Å². The van der Waals surface area contributed by atoms with Gasteiger partial charge in [0.25, 0.3) is 0 Å².